The van der Waals surface area contributed by atoms with Gasteiger partial charge in [0.2, 0.25) is 0 Å². The van der Waals surface area contributed by atoms with Crippen molar-refractivity contribution in [2.45, 2.75) is 19.9 Å². The summed E-state index contributed by atoms with van der Waals surface area (Å²) in [5, 5.41) is 3.38. The Labute approximate surface area is 86.4 Å². The van der Waals surface area contributed by atoms with Crippen LogP contribution < -0.4 is 10.1 Å². The van der Waals surface area contributed by atoms with Crippen molar-refractivity contribution in [1.82, 2.24) is 0 Å². The van der Waals surface area contributed by atoms with Gasteiger partial charge in [0, 0.05) is 4.47 Å². The van der Waals surface area contributed by atoms with Crippen LogP contribution in [0.25, 0.3) is 0 Å². The van der Waals surface area contributed by atoms with Crippen molar-refractivity contribution in [1.29, 1.82) is 0 Å². The molecule has 13 heavy (non-hydrogen) atoms. The summed E-state index contributed by atoms with van der Waals surface area (Å²) in [6, 6.07) is 4.52. The number of ether oxygens (including phenoxy) is 1. The van der Waals surface area contributed by atoms with E-state index in [0.29, 0.717) is 6.04 Å². The lowest BCUT2D eigenvalue weighted by Gasteiger charge is -2.25. The smallest absolute Gasteiger partial charge is 0.143 e. The van der Waals surface area contributed by atoms with Crippen molar-refractivity contribution < 1.29 is 4.74 Å². The monoisotopic (exact) mass is 241 g/mol. The Morgan fingerprint density at radius 3 is 3.08 bits per heavy atom. The predicted octanol–water partition coefficient (Wildman–Crippen LogP) is 2.95. The lowest BCUT2D eigenvalue weighted by atomic mass is 10.1. The third-order valence-corrected chi connectivity index (χ3v) is 3.01. The highest BCUT2D eigenvalue weighted by Gasteiger charge is 2.15. The van der Waals surface area contributed by atoms with E-state index in [2.05, 4.69) is 41.2 Å². The number of anilines is 1. The van der Waals surface area contributed by atoms with Crippen molar-refractivity contribution in [2.75, 3.05) is 11.9 Å². The first-order valence-electron chi connectivity index (χ1n) is 4.36. The molecule has 1 aliphatic heterocycles. The molecule has 1 heterocycles. The van der Waals surface area contributed by atoms with Gasteiger partial charge < -0.3 is 10.1 Å². The Hall–Kier alpha value is -0.700. The van der Waals surface area contributed by atoms with Crippen LogP contribution in [0, 0.1) is 6.92 Å². The number of hydrogen-bond donors (Lipinski definition) is 1. The number of benzene rings is 1. The molecular formula is C10H12BrNO. The van der Waals surface area contributed by atoms with Crippen LogP contribution in [0.15, 0.2) is 16.6 Å². The Morgan fingerprint density at radius 2 is 2.31 bits per heavy atom. The Bertz CT molecular complexity index is 338. The molecule has 0 bridgehead atoms. The van der Waals surface area contributed by atoms with Gasteiger partial charge >= 0.3 is 0 Å². The average molecular weight is 242 g/mol. The molecule has 0 saturated carbocycles. The third-order valence-electron chi connectivity index (χ3n) is 2.15. The molecule has 0 amide bonds. The minimum atomic E-state index is 0.396. The number of nitrogens with one attached hydrogen (secondary N) is 1. The predicted molar refractivity (Wildman–Crippen MR) is 57.5 cm³/mol. The quantitative estimate of drug-likeness (QED) is 0.755. The normalized spacial score (nSPS) is 20.1. The Morgan fingerprint density at radius 1 is 1.54 bits per heavy atom. The van der Waals surface area contributed by atoms with Crippen LogP contribution in [0.2, 0.25) is 0 Å². The van der Waals surface area contributed by atoms with E-state index in [4.69, 9.17) is 4.74 Å². The zero-order chi connectivity index (χ0) is 9.42. The van der Waals surface area contributed by atoms with Gasteiger partial charge in [-0.15, -0.1) is 0 Å². The summed E-state index contributed by atoms with van der Waals surface area (Å²) in [7, 11) is 0. The van der Waals surface area contributed by atoms with E-state index in [9.17, 15) is 0 Å². The number of rotatable bonds is 0. The van der Waals surface area contributed by atoms with Gasteiger partial charge in [0.15, 0.2) is 0 Å². The van der Waals surface area contributed by atoms with Crippen LogP contribution in [-0.2, 0) is 0 Å². The van der Waals surface area contributed by atoms with E-state index in [0.717, 1.165) is 22.5 Å². The molecule has 2 rings (SSSR count). The second-order valence-corrected chi connectivity index (χ2v) is 4.31. The standard InChI is InChI=1S/C10H12BrNO/c1-6-3-9-10(4-8(6)11)13-5-7(2)12-9/h3-4,7,12H,5H2,1-2H3. The van der Waals surface area contributed by atoms with Crippen molar-refractivity contribution in [3.63, 3.8) is 0 Å². The lowest BCUT2D eigenvalue weighted by Crippen LogP contribution is -2.28. The van der Waals surface area contributed by atoms with Crippen molar-refractivity contribution in [3.05, 3.63) is 22.2 Å². The number of aryl methyl sites for hydroxylation is 1. The Kier molecular flexibility index (Phi) is 2.20. The Balaban J connectivity index is 2.43. The van der Waals surface area contributed by atoms with Gasteiger partial charge in [-0.05, 0) is 31.5 Å². The number of hydrogen-bond acceptors (Lipinski definition) is 2. The van der Waals surface area contributed by atoms with Gasteiger partial charge in [-0.25, -0.2) is 0 Å². The van der Waals surface area contributed by atoms with E-state index in [1.165, 1.54) is 5.56 Å². The van der Waals surface area contributed by atoms with Crippen LogP contribution in [0.4, 0.5) is 5.69 Å². The van der Waals surface area contributed by atoms with Gasteiger partial charge in [-0.2, -0.15) is 0 Å². The maximum absolute atomic E-state index is 5.58. The summed E-state index contributed by atoms with van der Waals surface area (Å²) in [6.07, 6.45) is 0. The molecule has 1 unspecified atom stereocenters. The zero-order valence-electron chi connectivity index (χ0n) is 7.73. The molecular weight excluding hydrogens is 230 g/mol. The fourth-order valence-electron chi connectivity index (χ4n) is 1.42. The fraction of sp³-hybridized carbons (Fsp3) is 0.400. The summed E-state index contributed by atoms with van der Waals surface area (Å²) < 4.78 is 6.68. The molecule has 3 heteroatoms. The first-order chi connectivity index (χ1) is 6.16. The lowest BCUT2D eigenvalue weighted by molar-refractivity contribution is 0.291. The molecule has 0 radical (unpaired) electrons. The van der Waals surface area contributed by atoms with Gasteiger partial charge in [0.1, 0.15) is 12.4 Å². The minimum absolute atomic E-state index is 0.396. The highest BCUT2D eigenvalue weighted by Crippen LogP contribution is 2.33. The van der Waals surface area contributed by atoms with Crippen LogP contribution in [0.3, 0.4) is 0 Å². The van der Waals surface area contributed by atoms with E-state index >= 15 is 0 Å². The van der Waals surface area contributed by atoms with Gasteiger partial charge in [0.25, 0.3) is 0 Å². The molecule has 1 aromatic carbocycles. The van der Waals surface area contributed by atoms with Crippen molar-refractivity contribution >= 4 is 21.6 Å². The van der Waals surface area contributed by atoms with Crippen molar-refractivity contribution in [3.8, 4) is 5.75 Å². The average Bonchev–Trinajstić information content (AvgIpc) is 2.08. The summed E-state index contributed by atoms with van der Waals surface area (Å²) in [5.74, 6) is 0.940. The van der Waals surface area contributed by atoms with E-state index in [1.54, 1.807) is 0 Å². The topological polar surface area (TPSA) is 21.3 Å². The third kappa shape index (κ3) is 1.66. The van der Waals surface area contributed by atoms with E-state index in [1.807, 2.05) is 6.07 Å². The summed E-state index contributed by atoms with van der Waals surface area (Å²) in [6.45, 7) is 4.92. The number of halogens is 1. The molecule has 1 aromatic rings. The van der Waals surface area contributed by atoms with E-state index < -0.39 is 0 Å². The van der Waals surface area contributed by atoms with Crippen LogP contribution in [0.1, 0.15) is 12.5 Å². The molecule has 0 saturated heterocycles. The second kappa shape index (κ2) is 3.22. The minimum Gasteiger partial charge on any atom is -0.489 e. The van der Waals surface area contributed by atoms with Crippen molar-refractivity contribution in [2.24, 2.45) is 0 Å². The molecule has 0 aliphatic carbocycles. The maximum Gasteiger partial charge on any atom is 0.143 e. The molecule has 0 spiro atoms. The first-order valence-corrected chi connectivity index (χ1v) is 5.15. The molecule has 1 atom stereocenters. The molecule has 70 valence electrons. The van der Waals surface area contributed by atoms with Gasteiger partial charge in [-0.3, -0.25) is 0 Å². The largest absolute Gasteiger partial charge is 0.489 e. The first kappa shape index (κ1) is 8.88. The number of fused-ring (bicyclic) bond motifs is 1. The van der Waals surface area contributed by atoms with Crippen LogP contribution in [0.5, 0.6) is 5.75 Å². The molecule has 2 nitrogen and oxygen atoms in total. The molecule has 1 N–H and O–H groups in total. The summed E-state index contributed by atoms with van der Waals surface area (Å²) in [4.78, 5) is 0. The highest BCUT2D eigenvalue weighted by atomic mass is 79.9. The summed E-state index contributed by atoms with van der Waals surface area (Å²) in [5.41, 5.74) is 2.32. The molecule has 0 aromatic heterocycles. The second-order valence-electron chi connectivity index (χ2n) is 3.45. The van der Waals surface area contributed by atoms with E-state index in [-0.39, 0.29) is 0 Å². The van der Waals surface area contributed by atoms with Crippen LogP contribution in [-0.4, -0.2) is 12.6 Å². The molecule has 0 fully saturated rings. The van der Waals surface area contributed by atoms with Gasteiger partial charge in [0.05, 0.1) is 11.7 Å². The zero-order valence-corrected chi connectivity index (χ0v) is 9.31. The SMILES string of the molecule is Cc1cc2c(cc1Br)OCC(C)N2. The van der Waals surface area contributed by atoms with Crippen LogP contribution >= 0.6 is 15.9 Å². The molecule has 1 aliphatic rings. The summed E-state index contributed by atoms with van der Waals surface area (Å²) >= 11 is 3.48. The van der Waals surface area contributed by atoms with Gasteiger partial charge in [-0.1, -0.05) is 15.9 Å². The maximum atomic E-state index is 5.58. The fourth-order valence-corrected chi connectivity index (χ4v) is 1.74. The highest BCUT2D eigenvalue weighted by molar-refractivity contribution is 9.10.